The maximum Gasteiger partial charge on any atom is 0.490 e. The molecule has 0 saturated carbocycles. The number of esters is 1. The number of aliphatic hydroxyl groups is 1. The van der Waals surface area contributed by atoms with Crippen molar-refractivity contribution in [1.82, 2.24) is 19.5 Å². The fourth-order valence-electron chi connectivity index (χ4n) is 3.87. The molecule has 6 atom stereocenters. The summed E-state index contributed by atoms with van der Waals surface area (Å²) >= 11 is 0. The number of nitrogens with two attached hydrogens (primary N) is 1. The molecule has 0 amide bonds. The minimum atomic E-state index is -5.82. The Morgan fingerprint density at radius 3 is 2.52 bits per heavy atom. The van der Waals surface area contributed by atoms with Crippen LogP contribution in [0.1, 0.15) is 16.6 Å². The maximum absolute atomic E-state index is 13.1. The first kappa shape index (κ1) is 31.9. The maximum atomic E-state index is 13.1. The van der Waals surface area contributed by atoms with E-state index in [-0.39, 0.29) is 22.7 Å². The quantitative estimate of drug-likeness (QED) is 0.0958. The molecular weight excluding hydrogens is 633 g/mol. The first-order valence-corrected chi connectivity index (χ1v) is 15.8. The lowest BCUT2D eigenvalue weighted by Crippen LogP contribution is -2.37. The van der Waals surface area contributed by atoms with Crippen molar-refractivity contribution in [3.63, 3.8) is 0 Å². The van der Waals surface area contributed by atoms with Crippen LogP contribution in [0.3, 0.4) is 0 Å². The van der Waals surface area contributed by atoms with Gasteiger partial charge in [0.05, 0.1) is 18.5 Å². The Morgan fingerprint density at radius 1 is 1.17 bits per heavy atom. The SMILES string of the molecule is CNc1ccccc1C(=O)O[C@@H]1[C@H](O)[C@@H](COP(=O)(O)OP(=O)(O)OP(=O)(O)O)O[C@H]1n1cnc2c(=O)[nH]c(N)nc21. The van der Waals surface area contributed by atoms with Gasteiger partial charge in [-0.15, -0.1) is 0 Å². The molecule has 0 bridgehead atoms. The second-order valence-electron chi connectivity index (χ2n) is 8.38. The number of H-pyrrole nitrogens is 1. The normalized spacial score (nSPS) is 23.8. The number of para-hydroxylation sites is 1. The van der Waals surface area contributed by atoms with Gasteiger partial charge in [-0.25, -0.2) is 23.5 Å². The molecule has 1 saturated heterocycles. The Hall–Kier alpha value is -3.03. The highest BCUT2D eigenvalue weighted by Crippen LogP contribution is 2.66. The number of benzene rings is 1. The number of carbonyl (C=O) groups excluding carboxylic acids is 1. The van der Waals surface area contributed by atoms with E-state index < -0.39 is 66.1 Å². The number of aromatic amines is 1. The van der Waals surface area contributed by atoms with E-state index in [1.807, 2.05) is 0 Å². The summed E-state index contributed by atoms with van der Waals surface area (Å²) in [5.41, 5.74) is 4.96. The number of fused-ring (bicyclic) bond motifs is 1. The molecule has 24 heteroatoms. The molecule has 0 aliphatic carbocycles. The number of hydrogen-bond acceptors (Lipinski definition) is 15. The van der Waals surface area contributed by atoms with E-state index >= 15 is 0 Å². The van der Waals surface area contributed by atoms with Gasteiger partial charge in [-0.05, 0) is 12.1 Å². The number of imidazole rings is 1. The third-order valence-electron chi connectivity index (χ3n) is 5.51. The van der Waals surface area contributed by atoms with Crippen molar-refractivity contribution >= 4 is 52.2 Å². The molecule has 1 aliphatic rings. The van der Waals surface area contributed by atoms with Crippen LogP contribution in [0.4, 0.5) is 11.6 Å². The molecule has 2 aromatic heterocycles. The number of rotatable bonds is 11. The lowest BCUT2D eigenvalue weighted by Gasteiger charge is -2.22. The number of nitrogen functional groups attached to an aromatic ring is 1. The Bertz CT molecular complexity index is 1690. The lowest BCUT2D eigenvalue weighted by molar-refractivity contribution is -0.0557. The second-order valence-corrected chi connectivity index (χ2v) is 12.8. The molecule has 4 rings (SSSR count). The summed E-state index contributed by atoms with van der Waals surface area (Å²) in [6.07, 6.45) is -5.51. The number of nitrogens with zero attached hydrogens (tertiary/aromatic N) is 3. The number of nitrogens with one attached hydrogen (secondary N) is 2. The highest BCUT2D eigenvalue weighted by atomic mass is 31.3. The fourth-order valence-corrected chi connectivity index (χ4v) is 6.90. The van der Waals surface area contributed by atoms with E-state index in [2.05, 4.69) is 33.4 Å². The van der Waals surface area contributed by atoms with Crippen LogP contribution in [-0.2, 0) is 36.3 Å². The summed E-state index contributed by atoms with van der Waals surface area (Å²) in [5.74, 6) is -1.26. The van der Waals surface area contributed by atoms with Crippen LogP contribution < -0.4 is 16.6 Å². The molecule has 3 aromatic rings. The van der Waals surface area contributed by atoms with Crippen molar-refractivity contribution < 1.29 is 65.8 Å². The third kappa shape index (κ3) is 7.30. The summed E-state index contributed by atoms with van der Waals surface area (Å²) in [6.45, 7) is -1.08. The zero-order valence-corrected chi connectivity index (χ0v) is 23.7. The topological polar surface area (TPSA) is 317 Å². The van der Waals surface area contributed by atoms with Gasteiger partial charge in [-0.2, -0.15) is 13.6 Å². The highest BCUT2D eigenvalue weighted by molar-refractivity contribution is 7.66. The number of phosphoric acid groups is 3. The van der Waals surface area contributed by atoms with Gasteiger partial charge in [0.1, 0.15) is 12.2 Å². The first-order chi connectivity index (χ1) is 19.5. The van der Waals surface area contributed by atoms with Crippen LogP contribution in [0, 0.1) is 0 Å². The summed E-state index contributed by atoms with van der Waals surface area (Å²) in [6, 6.07) is 6.18. The highest BCUT2D eigenvalue weighted by Gasteiger charge is 2.50. The van der Waals surface area contributed by atoms with Gasteiger partial charge in [-0.1, -0.05) is 12.1 Å². The molecule has 9 N–H and O–H groups in total. The molecule has 3 heterocycles. The van der Waals surface area contributed by atoms with Gasteiger partial charge in [0, 0.05) is 12.7 Å². The smallest absolute Gasteiger partial charge is 0.451 e. The third-order valence-corrected chi connectivity index (χ3v) is 9.32. The van der Waals surface area contributed by atoms with E-state index in [4.69, 9.17) is 25.0 Å². The zero-order valence-electron chi connectivity index (χ0n) is 21.0. The molecule has 1 aliphatic heterocycles. The van der Waals surface area contributed by atoms with E-state index in [1.54, 1.807) is 25.2 Å². The summed E-state index contributed by atoms with van der Waals surface area (Å²) < 4.78 is 58.8. The minimum Gasteiger partial charge on any atom is -0.451 e. The van der Waals surface area contributed by atoms with Crippen molar-refractivity contribution in [3.8, 4) is 0 Å². The van der Waals surface area contributed by atoms with E-state index in [9.17, 15) is 38.2 Å². The van der Waals surface area contributed by atoms with Gasteiger partial charge in [0.2, 0.25) is 5.95 Å². The summed E-state index contributed by atoms with van der Waals surface area (Å²) in [4.78, 5) is 72.0. The predicted molar refractivity (Wildman–Crippen MR) is 137 cm³/mol. The minimum absolute atomic E-state index is 0.0527. The first-order valence-electron chi connectivity index (χ1n) is 11.3. The fraction of sp³-hybridized carbons (Fsp3) is 0.333. The average molecular weight is 656 g/mol. The largest absolute Gasteiger partial charge is 0.490 e. The van der Waals surface area contributed by atoms with Crippen LogP contribution in [0.5, 0.6) is 0 Å². The van der Waals surface area contributed by atoms with Crippen LogP contribution in [0.2, 0.25) is 0 Å². The molecule has 1 aromatic carbocycles. The zero-order chi connectivity index (χ0) is 31.0. The second kappa shape index (κ2) is 11.9. The standard InChI is InChI=1S/C18H23N6O15P3/c1-20-9-5-3-2-4-8(9)17(27)37-13-12(25)10(6-35-41(31,32)39-42(33,34)38-40(28,29)30)36-16(13)24-7-21-11-14(24)22-18(19)23-15(11)26/h2-5,7,10,12-13,16,20,25H,6H2,1H3,(H,31,32)(H,33,34)(H2,28,29,30)(H3,19,22,23,26)/t10-,12-,13-,16-/m1/s1. The number of anilines is 2. The Morgan fingerprint density at radius 2 is 1.86 bits per heavy atom. The van der Waals surface area contributed by atoms with Crippen molar-refractivity contribution in [2.75, 3.05) is 24.7 Å². The van der Waals surface area contributed by atoms with Gasteiger partial charge in [0.15, 0.2) is 23.5 Å². The predicted octanol–water partition coefficient (Wildman–Crippen LogP) is -0.429. The van der Waals surface area contributed by atoms with Crippen LogP contribution in [0.15, 0.2) is 35.4 Å². The number of ether oxygens (including phenoxy) is 2. The molecule has 21 nitrogen and oxygen atoms in total. The van der Waals surface area contributed by atoms with Crippen molar-refractivity contribution in [2.24, 2.45) is 0 Å². The van der Waals surface area contributed by atoms with Crippen molar-refractivity contribution in [2.45, 2.75) is 24.5 Å². The van der Waals surface area contributed by atoms with Crippen LogP contribution in [0.25, 0.3) is 11.2 Å². The molecule has 42 heavy (non-hydrogen) atoms. The van der Waals surface area contributed by atoms with Crippen molar-refractivity contribution in [1.29, 1.82) is 0 Å². The molecule has 2 unspecified atom stereocenters. The van der Waals surface area contributed by atoms with E-state index in [1.165, 1.54) is 6.07 Å². The van der Waals surface area contributed by atoms with Gasteiger partial charge >= 0.3 is 29.4 Å². The molecule has 0 radical (unpaired) electrons. The summed E-state index contributed by atoms with van der Waals surface area (Å²) in [7, 11) is -15.5. The van der Waals surface area contributed by atoms with Crippen LogP contribution >= 0.6 is 23.5 Å². The number of phosphoric ester groups is 1. The number of aliphatic hydroxyl groups excluding tert-OH is 1. The van der Waals surface area contributed by atoms with Crippen molar-refractivity contribution in [3.05, 3.63) is 46.5 Å². The number of carbonyl (C=O) groups is 1. The van der Waals surface area contributed by atoms with Gasteiger partial charge < -0.3 is 45.2 Å². The summed E-state index contributed by atoms with van der Waals surface area (Å²) in [5, 5.41) is 13.8. The average Bonchev–Trinajstić information content (AvgIpc) is 3.41. The van der Waals surface area contributed by atoms with Gasteiger partial charge in [-0.3, -0.25) is 18.9 Å². The molecule has 230 valence electrons. The van der Waals surface area contributed by atoms with Gasteiger partial charge in [0.25, 0.3) is 5.56 Å². The Balaban J connectivity index is 1.62. The Labute approximate surface area is 233 Å². The monoisotopic (exact) mass is 656 g/mol. The van der Waals surface area contributed by atoms with E-state index in [0.717, 1.165) is 10.9 Å². The number of aromatic nitrogens is 4. The molecule has 0 spiro atoms. The molecule has 1 fully saturated rings. The lowest BCUT2D eigenvalue weighted by atomic mass is 10.1. The van der Waals surface area contributed by atoms with Crippen LogP contribution in [-0.4, -0.2) is 82.1 Å². The Kier molecular flexibility index (Phi) is 9.06. The van der Waals surface area contributed by atoms with E-state index in [0.29, 0.717) is 5.69 Å². The number of hydrogen-bond donors (Lipinski definition) is 8. The molecular formula is C18H23N6O15P3.